The zero-order valence-corrected chi connectivity index (χ0v) is 13.2. The maximum atomic E-state index is 13.6. The molecule has 21 heavy (non-hydrogen) atoms. The van der Waals surface area contributed by atoms with Gasteiger partial charge in [-0.05, 0) is 66.7 Å². The van der Waals surface area contributed by atoms with Crippen LogP contribution >= 0.6 is 0 Å². The molecule has 1 atom stereocenters. The predicted octanol–water partition coefficient (Wildman–Crippen LogP) is 4.72. The van der Waals surface area contributed by atoms with Crippen LogP contribution in [0.25, 0.3) is 0 Å². The molecule has 0 saturated heterocycles. The summed E-state index contributed by atoms with van der Waals surface area (Å²) in [5.41, 5.74) is 0.588. The molecular formula is C18H26F2O. The fourth-order valence-electron chi connectivity index (χ4n) is 3.46. The van der Waals surface area contributed by atoms with E-state index in [1.54, 1.807) is 0 Å². The second-order valence-electron chi connectivity index (χ2n) is 7.48. The lowest BCUT2D eigenvalue weighted by Gasteiger charge is -2.38. The Bertz CT molecular complexity index is 471. The highest BCUT2D eigenvalue weighted by Crippen LogP contribution is 2.41. The molecule has 1 aliphatic rings. The van der Waals surface area contributed by atoms with Crippen LogP contribution in [0.15, 0.2) is 18.2 Å². The molecule has 1 aliphatic carbocycles. The number of hydrogen-bond donors (Lipinski definition) is 1. The molecule has 0 aromatic heterocycles. The average Bonchev–Trinajstić information content (AvgIpc) is 2.42. The van der Waals surface area contributed by atoms with E-state index in [1.807, 2.05) is 0 Å². The maximum absolute atomic E-state index is 13.6. The first kappa shape index (κ1) is 16.4. The Labute approximate surface area is 126 Å². The van der Waals surface area contributed by atoms with Gasteiger partial charge in [0.25, 0.3) is 0 Å². The lowest BCUT2D eigenvalue weighted by atomic mass is 9.68. The van der Waals surface area contributed by atoms with Crippen LogP contribution in [0.5, 0.6) is 0 Å². The third-order valence-corrected chi connectivity index (χ3v) is 4.98. The second-order valence-corrected chi connectivity index (χ2v) is 7.48. The third kappa shape index (κ3) is 4.26. The Kier molecular flexibility index (Phi) is 5.03. The second kappa shape index (κ2) is 6.43. The Hall–Kier alpha value is -0.960. The van der Waals surface area contributed by atoms with Crippen molar-refractivity contribution in [3.63, 3.8) is 0 Å². The molecule has 1 unspecified atom stereocenters. The van der Waals surface area contributed by atoms with Crippen molar-refractivity contribution >= 4 is 0 Å². The highest BCUT2D eigenvalue weighted by molar-refractivity contribution is 5.19. The van der Waals surface area contributed by atoms with E-state index in [0.717, 1.165) is 37.8 Å². The Morgan fingerprint density at radius 2 is 1.76 bits per heavy atom. The van der Waals surface area contributed by atoms with Gasteiger partial charge in [0.05, 0.1) is 6.10 Å². The van der Waals surface area contributed by atoms with Gasteiger partial charge in [0.15, 0.2) is 0 Å². The van der Waals surface area contributed by atoms with Crippen LogP contribution in [0.3, 0.4) is 0 Å². The van der Waals surface area contributed by atoms with Crippen LogP contribution < -0.4 is 0 Å². The fourth-order valence-corrected chi connectivity index (χ4v) is 3.46. The molecule has 1 saturated carbocycles. The molecule has 1 aromatic carbocycles. The van der Waals surface area contributed by atoms with E-state index in [1.165, 1.54) is 6.07 Å². The van der Waals surface area contributed by atoms with E-state index < -0.39 is 17.7 Å². The van der Waals surface area contributed by atoms with Crippen molar-refractivity contribution in [1.29, 1.82) is 0 Å². The van der Waals surface area contributed by atoms with E-state index in [2.05, 4.69) is 20.8 Å². The summed E-state index contributed by atoms with van der Waals surface area (Å²) in [5.74, 6) is 0.00647. The lowest BCUT2D eigenvalue weighted by molar-refractivity contribution is 0.0531. The number of halogens is 2. The first-order valence-corrected chi connectivity index (χ1v) is 7.89. The number of benzene rings is 1. The summed E-state index contributed by atoms with van der Waals surface area (Å²) in [5, 5.41) is 10.3. The molecule has 1 nitrogen and oxygen atoms in total. The largest absolute Gasteiger partial charge is 0.392 e. The fraction of sp³-hybridized carbons (Fsp3) is 0.667. The Morgan fingerprint density at radius 1 is 1.14 bits per heavy atom. The van der Waals surface area contributed by atoms with E-state index in [0.29, 0.717) is 11.3 Å². The Balaban J connectivity index is 1.93. The smallest absolute Gasteiger partial charge is 0.126 e. The van der Waals surface area contributed by atoms with Crippen LogP contribution in [0.2, 0.25) is 0 Å². The summed E-state index contributed by atoms with van der Waals surface area (Å²) < 4.78 is 26.8. The van der Waals surface area contributed by atoms with Crippen LogP contribution in [-0.4, -0.2) is 11.2 Å². The van der Waals surface area contributed by atoms with Crippen LogP contribution in [0, 0.1) is 28.9 Å². The van der Waals surface area contributed by atoms with E-state index in [9.17, 15) is 13.9 Å². The zero-order valence-electron chi connectivity index (χ0n) is 13.2. The van der Waals surface area contributed by atoms with Crippen molar-refractivity contribution in [2.75, 3.05) is 0 Å². The van der Waals surface area contributed by atoms with Gasteiger partial charge in [0, 0.05) is 6.42 Å². The van der Waals surface area contributed by atoms with Gasteiger partial charge in [0.1, 0.15) is 11.6 Å². The van der Waals surface area contributed by atoms with Gasteiger partial charge in [-0.2, -0.15) is 0 Å². The minimum absolute atomic E-state index is 0.200. The molecule has 1 fully saturated rings. The summed E-state index contributed by atoms with van der Waals surface area (Å²) in [6.45, 7) is 6.78. The van der Waals surface area contributed by atoms with Gasteiger partial charge >= 0.3 is 0 Å². The summed E-state index contributed by atoms with van der Waals surface area (Å²) >= 11 is 0. The van der Waals surface area contributed by atoms with E-state index >= 15 is 0 Å². The van der Waals surface area contributed by atoms with Crippen LogP contribution in [0.1, 0.15) is 52.0 Å². The molecule has 0 aliphatic heterocycles. The predicted molar refractivity (Wildman–Crippen MR) is 81.0 cm³/mol. The Morgan fingerprint density at radius 3 is 2.33 bits per heavy atom. The van der Waals surface area contributed by atoms with Gasteiger partial charge in [-0.15, -0.1) is 0 Å². The van der Waals surface area contributed by atoms with Gasteiger partial charge in [-0.3, -0.25) is 0 Å². The minimum Gasteiger partial charge on any atom is -0.392 e. The van der Waals surface area contributed by atoms with Crippen molar-refractivity contribution in [3.8, 4) is 0 Å². The number of aliphatic hydroxyl groups excluding tert-OH is 1. The lowest BCUT2D eigenvalue weighted by Crippen LogP contribution is -2.31. The zero-order chi connectivity index (χ0) is 15.6. The SMILES string of the molecule is CC(C)(C)C1CCC(C(O)Cc2cc(F)ccc2F)CC1. The van der Waals surface area contributed by atoms with Crippen LogP contribution in [-0.2, 0) is 6.42 Å². The normalized spacial score (nSPS) is 24.9. The van der Waals surface area contributed by atoms with Gasteiger partial charge in [-0.1, -0.05) is 20.8 Å². The molecule has 0 heterocycles. The summed E-state index contributed by atoms with van der Waals surface area (Å²) in [7, 11) is 0. The van der Waals surface area contributed by atoms with Gasteiger partial charge in [-0.25, -0.2) is 8.78 Å². The monoisotopic (exact) mass is 296 g/mol. The molecule has 1 aromatic rings. The summed E-state index contributed by atoms with van der Waals surface area (Å²) in [6, 6.07) is 3.44. The summed E-state index contributed by atoms with van der Waals surface area (Å²) in [6.07, 6.45) is 3.78. The van der Waals surface area contributed by atoms with Crippen molar-refractivity contribution in [1.82, 2.24) is 0 Å². The number of rotatable bonds is 3. The average molecular weight is 296 g/mol. The van der Waals surface area contributed by atoms with Crippen molar-refractivity contribution in [2.24, 2.45) is 17.3 Å². The van der Waals surface area contributed by atoms with Crippen molar-refractivity contribution < 1.29 is 13.9 Å². The first-order valence-electron chi connectivity index (χ1n) is 7.89. The standard InChI is InChI=1S/C18H26F2O/c1-18(2,3)14-6-4-12(5-7-14)17(21)11-13-10-15(19)8-9-16(13)20/h8-10,12,14,17,21H,4-7,11H2,1-3H3. The highest BCUT2D eigenvalue weighted by Gasteiger charge is 2.32. The minimum atomic E-state index is -0.581. The molecule has 2 rings (SSSR count). The maximum Gasteiger partial charge on any atom is 0.126 e. The number of aliphatic hydroxyl groups is 1. The molecule has 0 bridgehead atoms. The van der Waals surface area contributed by atoms with Crippen molar-refractivity contribution in [2.45, 2.75) is 59.0 Å². The third-order valence-electron chi connectivity index (χ3n) is 4.98. The van der Waals surface area contributed by atoms with Crippen molar-refractivity contribution in [3.05, 3.63) is 35.4 Å². The number of hydrogen-bond acceptors (Lipinski definition) is 1. The first-order chi connectivity index (χ1) is 9.77. The summed E-state index contributed by atoms with van der Waals surface area (Å²) in [4.78, 5) is 0. The topological polar surface area (TPSA) is 20.2 Å². The molecule has 118 valence electrons. The molecular weight excluding hydrogens is 270 g/mol. The molecule has 0 amide bonds. The quantitative estimate of drug-likeness (QED) is 0.855. The molecule has 1 N–H and O–H groups in total. The van der Waals surface area contributed by atoms with E-state index in [-0.39, 0.29) is 17.9 Å². The highest BCUT2D eigenvalue weighted by atomic mass is 19.1. The van der Waals surface area contributed by atoms with Gasteiger partial charge in [0.2, 0.25) is 0 Å². The molecule has 0 spiro atoms. The van der Waals surface area contributed by atoms with Crippen LogP contribution in [0.4, 0.5) is 8.78 Å². The van der Waals surface area contributed by atoms with E-state index in [4.69, 9.17) is 0 Å². The molecule has 0 radical (unpaired) electrons. The molecule has 3 heteroatoms. The van der Waals surface area contributed by atoms with Gasteiger partial charge < -0.3 is 5.11 Å².